The number of nitrogens with zero attached hydrogens (tertiary/aromatic N) is 3. The molecule has 0 N–H and O–H groups in total. The highest BCUT2D eigenvalue weighted by Gasteiger charge is 2.34. The van der Waals surface area contributed by atoms with Crippen LogP contribution in [0, 0.1) is 10.1 Å². The molecule has 0 atom stereocenters. The molecule has 0 amide bonds. The highest BCUT2D eigenvalue weighted by molar-refractivity contribution is 9.25. The Morgan fingerprint density at radius 1 is 1.33 bits per heavy atom. The largest absolute Gasteiger partial charge is 0.454 e. The van der Waals surface area contributed by atoms with Crippen LogP contribution in [0.3, 0.4) is 0 Å². The number of alkyl halides is 2. The molecule has 0 fully saturated rings. The third-order valence-corrected chi connectivity index (χ3v) is 5.37. The number of non-ortho nitro benzene ring substituents is 1. The maximum Gasteiger partial charge on any atom is 0.287 e. The summed E-state index contributed by atoms with van der Waals surface area (Å²) in [4.78, 5) is 34.0. The molecule has 0 saturated carbocycles. The van der Waals surface area contributed by atoms with Gasteiger partial charge in [-0.2, -0.15) is 9.78 Å². The molecule has 0 saturated heterocycles. The number of Topliss-reactive ketones (excluding diaryl/α,β-unsaturated/α-hetero) is 1. The second-order valence-corrected chi connectivity index (χ2v) is 8.64. The molecule has 126 valence electrons. The lowest BCUT2D eigenvalue weighted by Gasteiger charge is -2.19. The van der Waals surface area contributed by atoms with Gasteiger partial charge in [-0.05, 0) is 66.8 Å². The first kappa shape index (κ1) is 18.7. The normalized spacial score (nSPS) is 11.2. The molecule has 8 nitrogen and oxygen atoms in total. The van der Waals surface area contributed by atoms with Crippen molar-refractivity contribution in [1.82, 2.24) is 9.78 Å². The number of carbonyl (C=O) groups is 1. The lowest BCUT2D eigenvalue weighted by Crippen LogP contribution is -2.38. The van der Waals surface area contributed by atoms with Gasteiger partial charge in [0.1, 0.15) is 10.2 Å². The van der Waals surface area contributed by atoms with Crippen LogP contribution in [0.2, 0.25) is 0 Å². The molecule has 2 aromatic rings. The van der Waals surface area contributed by atoms with Crippen LogP contribution in [0.5, 0.6) is 11.5 Å². The number of ketones is 1. The number of nitro benzene ring substituents is 1. The maximum absolute atomic E-state index is 12.3. The first-order valence-electron chi connectivity index (χ1n) is 6.24. The quantitative estimate of drug-likeness (QED) is 0.335. The van der Waals surface area contributed by atoms with Crippen LogP contribution in [0.15, 0.2) is 39.7 Å². The van der Waals surface area contributed by atoms with Crippen molar-refractivity contribution in [2.45, 2.75) is 10.3 Å². The second kappa shape index (κ2) is 7.11. The fourth-order valence-corrected chi connectivity index (χ4v) is 2.46. The van der Waals surface area contributed by atoms with Crippen molar-refractivity contribution < 1.29 is 14.5 Å². The number of ether oxygens (including phenoxy) is 1. The number of hydrogen-bond donors (Lipinski definition) is 0. The van der Waals surface area contributed by atoms with Crippen molar-refractivity contribution in [3.8, 4) is 11.5 Å². The number of rotatable bonds is 5. The summed E-state index contributed by atoms with van der Waals surface area (Å²) in [6.07, 6.45) is 1.24. The van der Waals surface area contributed by atoms with E-state index in [2.05, 4.69) is 52.9 Å². The Bertz CT molecular complexity index is 864. The third-order valence-electron chi connectivity index (χ3n) is 2.85. The minimum absolute atomic E-state index is 0.0420. The van der Waals surface area contributed by atoms with E-state index in [1.165, 1.54) is 37.4 Å². The number of carbonyl (C=O) groups excluding carboxylic acids is 1. The van der Waals surface area contributed by atoms with Gasteiger partial charge < -0.3 is 4.74 Å². The molecule has 0 bridgehead atoms. The zero-order chi connectivity index (χ0) is 18.1. The molecule has 2 rings (SSSR count). The van der Waals surface area contributed by atoms with Crippen LogP contribution in [0.4, 0.5) is 5.69 Å². The Balaban J connectivity index is 2.36. The summed E-state index contributed by atoms with van der Waals surface area (Å²) in [6.45, 7) is 1.28. The van der Waals surface area contributed by atoms with Crippen molar-refractivity contribution in [3.05, 3.63) is 55.4 Å². The summed E-state index contributed by atoms with van der Waals surface area (Å²) in [5.74, 6) is 0.00765. The summed E-state index contributed by atoms with van der Waals surface area (Å²) in [7, 11) is 0. The van der Waals surface area contributed by atoms with Gasteiger partial charge in [0.15, 0.2) is 11.5 Å². The van der Waals surface area contributed by atoms with Crippen molar-refractivity contribution >= 4 is 59.3 Å². The summed E-state index contributed by atoms with van der Waals surface area (Å²) in [6, 6.07) is 5.33. The van der Waals surface area contributed by atoms with Crippen molar-refractivity contribution in [1.29, 1.82) is 0 Å². The summed E-state index contributed by atoms with van der Waals surface area (Å²) in [5.41, 5.74) is -0.696. The summed E-state index contributed by atoms with van der Waals surface area (Å²) < 4.78 is 4.97. The molecule has 0 radical (unpaired) electrons. The number of halogens is 3. The molecule has 1 heterocycles. The van der Waals surface area contributed by atoms with Crippen LogP contribution >= 0.6 is 47.8 Å². The Morgan fingerprint density at radius 2 is 1.92 bits per heavy atom. The van der Waals surface area contributed by atoms with E-state index in [1.54, 1.807) is 0 Å². The average Bonchev–Trinajstić information content (AvgIpc) is 2.52. The van der Waals surface area contributed by atoms with Gasteiger partial charge in [0, 0.05) is 12.1 Å². The van der Waals surface area contributed by atoms with Gasteiger partial charge in [-0.1, -0.05) is 0 Å². The first-order chi connectivity index (χ1) is 11.1. The topological polar surface area (TPSA) is 104 Å². The van der Waals surface area contributed by atoms with Crippen LogP contribution in [0.25, 0.3) is 0 Å². The van der Waals surface area contributed by atoms with E-state index in [4.69, 9.17) is 4.74 Å². The van der Waals surface area contributed by atoms with E-state index < -0.39 is 13.8 Å². The molecule has 1 aromatic heterocycles. The molecule has 0 unspecified atom stereocenters. The smallest absolute Gasteiger partial charge is 0.287 e. The summed E-state index contributed by atoms with van der Waals surface area (Å²) >= 11 is 9.30. The Morgan fingerprint density at radius 3 is 2.42 bits per heavy atom. The van der Waals surface area contributed by atoms with E-state index in [0.717, 1.165) is 4.68 Å². The highest BCUT2D eigenvalue weighted by Crippen LogP contribution is 2.33. The Hall–Kier alpha value is -1.59. The number of aromatic nitrogens is 2. The second-order valence-electron chi connectivity index (χ2n) is 4.49. The predicted octanol–water partition coefficient (Wildman–Crippen LogP) is 3.70. The van der Waals surface area contributed by atoms with Gasteiger partial charge in [-0.15, -0.1) is 0 Å². The van der Waals surface area contributed by atoms with Crippen molar-refractivity contribution in [2.24, 2.45) is 0 Å². The fraction of sp³-hybridized carbons (Fsp3) is 0.154. The predicted molar refractivity (Wildman–Crippen MR) is 95.9 cm³/mol. The van der Waals surface area contributed by atoms with Gasteiger partial charge in [-0.25, -0.2) is 0 Å². The van der Waals surface area contributed by atoms with E-state index in [1.807, 2.05) is 0 Å². The number of benzene rings is 1. The lowest BCUT2D eigenvalue weighted by atomic mass is 10.3. The highest BCUT2D eigenvalue weighted by atomic mass is 79.9. The minimum atomic E-state index is -1.47. The van der Waals surface area contributed by atoms with Crippen LogP contribution < -0.4 is 10.3 Å². The van der Waals surface area contributed by atoms with Crippen LogP contribution in [-0.4, -0.2) is 20.5 Å². The van der Waals surface area contributed by atoms with E-state index >= 15 is 0 Å². The molecular weight excluding hydrogens is 518 g/mol. The maximum atomic E-state index is 12.3. The van der Waals surface area contributed by atoms with Gasteiger partial charge in [0.05, 0.1) is 11.1 Å². The van der Waals surface area contributed by atoms with Gasteiger partial charge in [0.2, 0.25) is 3.36 Å². The SMILES string of the molecule is CC(=O)C(Br)(Br)n1ncc(Oc2ccc([N+](=O)[O-])cc2)c(Br)c1=O. The molecule has 0 aliphatic rings. The molecule has 24 heavy (non-hydrogen) atoms. The molecule has 1 aromatic carbocycles. The molecule has 11 heteroatoms. The van der Waals surface area contributed by atoms with Crippen LogP contribution in [0.1, 0.15) is 6.92 Å². The van der Waals surface area contributed by atoms with Crippen LogP contribution in [-0.2, 0) is 8.15 Å². The lowest BCUT2D eigenvalue weighted by molar-refractivity contribution is -0.384. The Kier molecular flexibility index (Phi) is 5.56. The molecular formula is C13H8Br3N3O5. The zero-order valence-electron chi connectivity index (χ0n) is 11.9. The average molecular weight is 526 g/mol. The van der Waals surface area contributed by atoms with Gasteiger partial charge in [0.25, 0.3) is 11.2 Å². The van der Waals surface area contributed by atoms with Gasteiger partial charge >= 0.3 is 0 Å². The fourth-order valence-electron chi connectivity index (χ4n) is 1.60. The zero-order valence-corrected chi connectivity index (χ0v) is 16.7. The van der Waals surface area contributed by atoms with E-state index in [-0.39, 0.29) is 27.4 Å². The third kappa shape index (κ3) is 3.73. The standard InChI is InChI=1S/C13H8Br3N3O5/c1-7(20)13(15,16)18-12(21)11(14)10(6-17-18)24-9-4-2-8(3-5-9)19(22)23/h2-6H,1H3. The van der Waals surface area contributed by atoms with Crippen molar-refractivity contribution in [2.75, 3.05) is 0 Å². The minimum Gasteiger partial charge on any atom is -0.454 e. The molecule has 0 spiro atoms. The molecule has 0 aliphatic heterocycles. The summed E-state index contributed by atoms with van der Waals surface area (Å²) in [5, 5.41) is 14.5. The van der Waals surface area contributed by atoms with E-state index in [0.29, 0.717) is 0 Å². The number of hydrogen-bond acceptors (Lipinski definition) is 6. The van der Waals surface area contributed by atoms with Gasteiger partial charge in [-0.3, -0.25) is 19.7 Å². The number of nitro groups is 1. The van der Waals surface area contributed by atoms with E-state index in [9.17, 15) is 19.7 Å². The Labute approximate surface area is 160 Å². The van der Waals surface area contributed by atoms with Crippen molar-refractivity contribution in [3.63, 3.8) is 0 Å². The monoisotopic (exact) mass is 523 g/mol. The molecule has 0 aliphatic carbocycles. The first-order valence-corrected chi connectivity index (χ1v) is 8.62.